The second-order valence-electron chi connectivity index (χ2n) is 11.7. The Kier molecular flexibility index (Phi) is 15.2. The molecule has 1 heterocycles. The number of rotatable bonds is 2. The van der Waals surface area contributed by atoms with Gasteiger partial charge < -0.3 is 10.3 Å². The van der Waals surface area contributed by atoms with Gasteiger partial charge in [-0.05, 0) is 65.3 Å². The van der Waals surface area contributed by atoms with Crippen molar-refractivity contribution in [1.29, 1.82) is 0 Å². The molecule has 2 nitrogen and oxygen atoms in total. The maximum absolute atomic E-state index is 4.83. The number of aryl methyl sites for hydroxylation is 3. The van der Waals surface area contributed by atoms with E-state index in [2.05, 4.69) is 92.6 Å². The van der Waals surface area contributed by atoms with E-state index in [1.54, 1.807) is 11.3 Å². The maximum Gasteiger partial charge on any atom is 4.00 e. The molecular formula is C41H44N2SZr. The van der Waals surface area contributed by atoms with E-state index in [9.17, 15) is 0 Å². The molecule has 0 N–H and O–H groups in total. The van der Waals surface area contributed by atoms with E-state index < -0.39 is 0 Å². The predicted octanol–water partition coefficient (Wildman–Crippen LogP) is 12.3. The topological polar surface area (TPSA) is 27.0 Å². The van der Waals surface area contributed by atoms with Crippen molar-refractivity contribution in [2.45, 2.75) is 47.1 Å². The summed E-state index contributed by atoms with van der Waals surface area (Å²) in [7, 11) is 0. The number of benzene rings is 5. The number of fused-ring (bicyclic) bond motifs is 1. The van der Waals surface area contributed by atoms with Gasteiger partial charge >= 0.3 is 26.2 Å². The van der Waals surface area contributed by atoms with Crippen LogP contribution in [0, 0.1) is 41.5 Å². The van der Waals surface area contributed by atoms with E-state index in [0.29, 0.717) is 0 Å². The van der Waals surface area contributed by atoms with E-state index in [4.69, 9.17) is 10.3 Å². The van der Waals surface area contributed by atoms with E-state index >= 15 is 0 Å². The summed E-state index contributed by atoms with van der Waals surface area (Å²) in [6.45, 7) is 24.0. The zero-order valence-electron chi connectivity index (χ0n) is 27.5. The first-order chi connectivity index (χ1) is 20.9. The Balaban J connectivity index is 0.000000259. The SMILES string of the molecule is Cc1cc(C)c(-c2cccc3sc([N-]C(C)(C)C)nc23)c(C)c1.[CH2-]c1ccccc1.[CH2-]c1ccccc1.[CH2-]c1ccccc1.[Zr+4]. The minimum atomic E-state index is -0.107. The second-order valence-corrected chi connectivity index (χ2v) is 12.7. The monoisotopic (exact) mass is 686 g/mol. The molecule has 0 unspecified atom stereocenters. The van der Waals surface area contributed by atoms with Crippen molar-refractivity contribution in [2.75, 3.05) is 0 Å². The van der Waals surface area contributed by atoms with Crippen molar-refractivity contribution >= 4 is 26.7 Å². The Morgan fingerprint density at radius 2 is 1.02 bits per heavy atom. The summed E-state index contributed by atoms with van der Waals surface area (Å²) in [5.74, 6) is 0. The molecular weight excluding hydrogens is 644 g/mol. The molecule has 45 heavy (non-hydrogen) atoms. The van der Waals surface area contributed by atoms with Gasteiger partial charge in [-0.3, -0.25) is 0 Å². The number of thiazole rings is 1. The molecule has 0 saturated heterocycles. The summed E-state index contributed by atoms with van der Waals surface area (Å²) >= 11 is 1.67. The average Bonchev–Trinajstić information content (AvgIpc) is 3.37. The Morgan fingerprint density at radius 1 is 0.600 bits per heavy atom. The van der Waals surface area contributed by atoms with E-state index in [-0.39, 0.29) is 31.7 Å². The standard InChI is InChI=1S/C20H23N2S.3C7H7.Zr/c1-12-10-13(2)17(14(3)11-12)15-8-7-9-16-18(15)21-19(23-16)22-20(4,5)6;3*1-7-5-3-2-4-6-7;/h7-11H,1-6H3;3*2-6H,1H2;/q4*-1;+4. The number of hydrogen-bond donors (Lipinski definition) is 0. The van der Waals surface area contributed by atoms with Gasteiger partial charge in [-0.15, -0.1) is 47.7 Å². The second kappa shape index (κ2) is 18.3. The van der Waals surface area contributed by atoms with Crippen molar-refractivity contribution in [3.63, 3.8) is 0 Å². The van der Waals surface area contributed by atoms with Crippen LogP contribution in [0.2, 0.25) is 0 Å². The van der Waals surface area contributed by atoms with Crippen molar-refractivity contribution in [3.05, 3.63) is 181 Å². The van der Waals surface area contributed by atoms with Crippen LogP contribution in [0.4, 0.5) is 5.13 Å². The van der Waals surface area contributed by atoms with Crippen LogP contribution in [0.15, 0.2) is 121 Å². The Morgan fingerprint density at radius 3 is 1.38 bits per heavy atom. The maximum atomic E-state index is 4.83. The zero-order valence-corrected chi connectivity index (χ0v) is 30.7. The molecule has 0 aliphatic rings. The van der Waals surface area contributed by atoms with Gasteiger partial charge in [0.15, 0.2) is 0 Å². The van der Waals surface area contributed by atoms with Crippen LogP contribution in [0.1, 0.15) is 54.2 Å². The summed E-state index contributed by atoms with van der Waals surface area (Å²) in [5.41, 5.74) is 10.6. The first kappa shape index (κ1) is 37.5. The third-order valence-corrected chi connectivity index (χ3v) is 7.23. The quantitative estimate of drug-likeness (QED) is 0.166. The molecule has 6 rings (SSSR count). The summed E-state index contributed by atoms with van der Waals surface area (Å²) < 4.78 is 1.20. The van der Waals surface area contributed by atoms with Crippen molar-refractivity contribution in [2.24, 2.45) is 0 Å². The molecule has 0 radical (unpaired) electrons. The van der Waals surface area contributed by atoms with Crippen molar-refractivity contribution < 1.29 is 26.2 Å². The molecule has 0 saturated carbocycles. The van der Waals surface area contributed by atoms with Crippen LogP contribution in [-0.4, -0.2) is 10.5 Å². The first-order valence-corrected chi connectivity index (χ1v) is 15.6. The Labute approximate surface area is 295 Å². The van der Waals surface area contributed by atoms with Gasteiger partial charge in [-0.1, -0.05) is 68.8 Å². The van der Waals surface area contributed by atoms with Gasteiger partial charge in [0.2, 0.25) is 0 Å². The summed E-state index contributed by atoms with van der Waals surface area (Å²) in [4.78, 5) is 4.83. The van der Waals surface area contributed by atoms with E-state index in [0.717, 1.165) is 27.3 Å². The number of para-hydroxylation sites is 1. The fraction of sp³-hybridized carbons (Fsp3) is 0.171. The van der Waals surface area contributed by atoms with Gasteiger partial charge in [0, 0.05) is 4.70 Å². The Hall–Kier alpha value is -3.72. The molecule has 0 bridgehead atoms. The normalized spacial score (nSPS) is 10.1. The van der Waals surface area contributed by atoms with Gasteiger partial charge in [0.1, 0.15) is 0 Å². The van der Waals surface area contributed by atoms with Crippen LogP contribution in [0.3, 0.4) is 0 Å². The van der Waals surface area contributed by atoms with Gasteiger partial charge in [0.05, 0.1) is 0 Å². The average molecular weight is 688 g/mol. The predicted molar refractivity (Wildman–Crippen MR) is 195 cm³/mol. The summed E-state index contributed by atoms with van der Waals surface area (Å²) in [6.07, 6.45) is 0. The fourth-order valence-corrected chi connectivity index (χ4v) is 5.56. The molecule has 0 fully saturated rings. The fourth-order valence-electron chi connectivity index (χ4n) is 4.51. The third-order valence-electron chi connectivity index (χ3n) is 6.31. The van der Waals surface area contributed by atoms with Crippen LogP contribution < -0.4 is 0 Å². The molecule has 5 aromatic carbocycles. The third kappa shape index (κ3) is 13.0. The van der Waals surface area contributed by atoms with Gasteiger partial charge in [-0.2, -0.15) is 73.9 Å². The number of aromatic nitrogens is 1. The molecule has 6 aromatic rings. The van der Waals surface area contributed by atoms with E-state index in [1.807, 2.05) is 91.0 Å². The molecule has 0 aliphatic heterocycles. The molecule has 4 heteroatoms. The smallest absolute Gasteiger partial charge is 0.451 e. The molecule has 0 spiro atoms. The zero-order chi connectivity index (χ0) is 32.1. The van der Waals surface area contributed by atoms with Crippen LogP contribution in [0.5, 0.6) is 0 Å². The Bertz CT molecular complexity index is 1590. The van der Waals surface area contributed by atoms with E-state index in [1.165, 1.54) is 32.5 Å². The van der Waals surface area contributed by atoms with Gasteiger partial charge in [-0.25, -0.2) is 0 Å². The first-order valence-electron chi connectivity index (χ1n) is 14.7. The van der Waals surface area contributed by atoms with Crippen LogP contribution in [-0.2, 0) is 26.2 Å². The van der Waals surface area contributed by atoms with Gasteiger partial charge in [0.25, 0.3) is 0 Å². The van der Waals surface area contributed by atoms with Crippen molar-refractivity contribution in [1.82, 2.24) is 4.98 Å². The summed E-state index contributed by atoms with van der Waals surface area (Å²) in [5, 5.41) is 5.59. The molecule has 228 valence electrons. The largest absolute Gasteiger partial charge is 4.00 e. The number of hydrogen-bond acceptors (Lipinski definition) is 2. The summed E-state index contributed by atoms with van der Waals surface area (Å²) in [6, 6.07) is 40.5. The number of nitrogens with zero attached hydrogens (tertiary/aromatic N) is 2. The minimum Gasteiger partial charge on any atom is -0.451 e. The van der Waals surface area contributed by atoms with Crippen LogP contribution >= 0.6 is 11.3 Å². The molecule has 0 aliphatic carbocycles. The molecule has 0 amide bonds. The molecule has 1 aromatic heterocycles. The van der Waals surface area contributed by atoms with Crippen molar-refractivity contribution in [3.8, 4) is 11.1 Å². The molecule has 0 atom stereocenters. The van der Waals surface area contributed by atoms with Crippen LogP contribution in [0.25, 0.3) is 26.7 Å². The minimum absolute atomic E-state index is 0.